The van der Waals surface area contributed by atoms with E-state index in [-0.39, 0.29) is 0 Å². The average molecular weight is 326 g/mol. The standard InChI is InChI=1S/C22H31P/c1-12-10-22(23-9)19(8)18(7)20(12)11-21-16(5)14(3)13(2)15(4)17(21)6/h10,23H,11H2,1-9H3. The zero-order valence-corrected chi connectivity index (χ0v) is 17.3. The Hall–Kier alpha value is -1.13. The van der Waals surface area contributed by atoms with Crippen molar-refractivity contribution >= 4 is 13.9 Å². The third kappa shape index (κ3) is 3.11. The summed E-state index contributed by atoms with van der Waals surface area (Å²) in [6.45, 7) is 20.5. The highest BCUT2D eigenvalue weighted by Crippen LogP contribution is 2.30. The number of rotatable bonds is 3. The Morgan fingerprint density at radius 1 is 0.609 bits per heavy atom. The van der Waals surface area contributed by atoms with Crippen molar-refractivity contribution in [2.45, 2.75) is 61.8 Å². The molecule has 1 atom stereocenters. The van der Waals surface area contributed by atoms with E-state index < -0.39 is 0 Å². The lowest BCUT2D eigenvalue weighted by molar-refractivity contribution is 1.04. The summed E-state index contributed by atoms with van der Waals surface area (Å²) < 4.78 is 0. The molecule has 1 heteroatoms. The molecule has 0 amide bonds. The first kappa shape index (κ1) is 18.2. The molecule has 0 fully saturated rings. The Bertz CT molecular complexity index is 738. The fourth-order valence-corrected chi connectivity index (χ4v) is 4.61. The van der Waals surface area contributed by atoms with Crippen LogP contribution in [0, 0.1) is 55.4 Å². The van der Waals surface area contributed by atoms with Gasteiger partial charge in [-0.05, 0) is 129 Å². The lowest BCUT2D eigenvalue weighted by Crippen LogP contribution is -2.10. The van der Waals surface area contributed by atoms with Crippen LogP contribution in [0.3, 0.4) is 0 Å². The highest BCUT2D eigenvalue weighted by Gasteiger charge is 2.16. The molecule has 0 saturated carbocycles. The van der Waals surface area contributed by atoms with Gasteiger partial charge in [0, 0.05) is 0 Å². The molecule has 2 rings (SSSR count). The second-order valence-electron chi connectivity index (χ2n) is 7.00. The van der Waals surface area contributed by atoms with Gasteiger partial charge < -0.3 is 0 Å². The van der Waals surface area contributed by atoms with Crippen molar-refractivity contribution < 1.29 is 0 Å². The van der Waals surface area contributed by atoms with Gasteiger partial charge in [-0.1, -0.05) is 14.6 Å². The van der Waals surface area contributed by atoms with Crippen LogP contribution in [0.1, 0.15) is 55.6 Å². The second-order valence-corrected chi connectivity index (χ2v) is 8.04. The van der Waals surface area contributed by atoms with E-state index in [0.29, 0.717) is 0 Å². The molecule has 2 aromatic rings. The van der Waals surface area contributed by atoms with E-state index in [4.69, 9.17) is 0 Å². The van der Waals surface area contributed by atoms with E-state index in [1.165, 1.54) is 60.9 Å². The molecule has 0 aromatic heterocycles. The molecule has 0 aliphatic heterocycles. The normalized spacial score (nSPS) is 11.7. The molecule has 2 aromatic carbocycles. The smallest absolute Gasteiger partial charge is 0.00150 e. The zero-order valence-electron chi connectivity index (χ0n) is 16.3. The molecule has 0 N–H and O–H groups in total. The van der Waals surface area contributed by atoms with Gasteiger partial charge in [-0.15, -0.1) is 0 Å². The lowest BCUT2D eigenvalue weighted by atomic mass is 9.84. The first-order valence-electron chi connectivity index (χ1n) is 8.53. The molecule has 0 saturated heterocycles. The predicted octanol–water partition coefficient (Wildman–Crippen LogP) is 5.68. The van der Waals surface area contributed by atoms with E-state index >= 15 is 0 Å². The van der Waals surface area contributed by atoms with Crippen molar-refractivity contribution in [3.63, 3.8) is 0 Å². The van der Waals surface area contributed by atoms with Gasteiger partial charge in [-0.25, -0.2) is 0 Å². The van der Waals surface area contributed by atoms with E-state index in [1.807, 2.05) is 0 Å². The van der Waals surface area contributed by atoms with Crippen molar-refractivity contribution in [1.29, 1.82) is 0 Å². The topological polar surface area (TPSA) is 0 Å². The molecule has 0 bridgehead atoms. The highest BCUT2D eigenvalue weighted by molar-refractivity contribution is 7.46. The molecule has 0 radical (unpaired) electrons. The summed E-state index contributed by atoms with van der Waals surface area (Å²) in [5.74, 6) is 0. The van der Waals surface area contributed by atoms with Crippen LogP contribution in [0.4, 0.5) is 0 Å². The van der Waals surface area contributed by atoms with Crippen LogP contribution in [0.15, 0.2) is 6.07 Å². The summed E-state index contributed by atoms with van der Waals surface area (Å²) in [6.07, 6.45) is 1.06. The average Bonchev–Trinajstić information content (AvgIpc) is 2.53. The van der Waals surface area contributed by atoms with E-state index in [0.717, 1.165) is 15.0 Å². The first-order chi connectivity index (χ1) is 10.7. The van der Waals surface area contributed by atoms with Crippen LogP contribution in [-0.4, -0.2) is 6.66 Å². The molecule has 0 aliphatic carbocycles. The van der Waals surface area contributed by atoms with Crippen molar-refractivity contribution in [3.05, 3.63) is 61.7 Å². The third-order valence-electron chi connectivity index (χ3n) is 6.03. The third-order valence-corrected chi connectivity index (χ3v) is 7.09. The van der Waals surface area contributed by atoms with Gasteiger partial charge in [-0.3, -0.25) is 0 Å². The molecule has 23 heavy (non-hydrogen) atoms. The van der Waals surface area contributed by atoms with Gasteiger partial charge in [0.15, 0.2) is 0 Å². The van der Waals surface area contributed by atoms with E-state index in [9.17, 15) is 0 Å². The van der Waals surface area contributed by atoms with Gasteiger partial charge >= 0.3 is 0 Å². The maximum Gasteiger partial charge on any atom is -0.00150 e. The molecule has 0 aliphatic rings. The predicted molar refractivity (Wildman–Crippen MR) is 107 cm³/mol. The summed E-state index contributed by atoms with van der Waals surface area (Å²) in [6, 6.07) is 2.41. The summed E-state index contributed by atoms with van der Waals surface area (Å²) in [7, 11) is 0.876. The molecule has 124 valence electrons. The molecular formula is C22H31P. The van der Waals surface area contributed by atoms with Crippen LogP contribution in [0.25, 0.3) is 0 Å². The quantitative estimate of drug-likeness (QED) is 0.637. The number of aryl methyl sites for hydroxylation is 1. The van der Waals surface area contributed by atoms with Gasteiger partial charge in [0.2, 0.25) is 0 Å². The fourth-order valence-electron chi connectivity index (χ4n) is 3.69. The Balaban J connectivity index is 2.64. The Kier molecular flexibility index (Phi) is 5.37. The van der Waals surface area contributed by atoms with Crippen molar-refractivity contribution in [2.24, 2.45) is 0 Å². The first-order valence-corrected chi connectivity index (χ1v) is 10.0. The minimum atomic E-state index is 0.876. The maximum absolute atomic E-state index is 2.41. The van der Waals surface area contributed by atoms with Crippen molar-refractivity contribution in [2.75, 3.05) is 6.66 Å². The van der Waals surface area contributed by atoms with E-state index in [2.05, 4.69) is 68.1 Å². The largest absolute Gasteiger partial charge is 0.0933 e. The molecule has 0 nitrogen and oxygen atoms in total. The monoisotopic (exact) mass is 326 g/mol. The van der Waals surface area contributed by atoms with Gasteiger partial charge in [-0.2, -0.15) is 0 Å². The highest BCUT2D eigenvalue weighted by atomic mass is 31.1. The number of hydrogen-bond acceptors (Lipinski definition) is 0. The lowest BCUT2D eigenvalue weighted by Gasteiger charge is -2.22. The summed E-state index contributed by atoms with van der Waals surface area (Å²) in [5, 5.41) is 1.52. The molecule has 0 heterocycles. The van der Waals surface area contributed by atoms with Crippen molar-refractivity contribution in [3.8, 4) is 0 Å². The second kappa shape index (κ2) is 6.78. The molecule has 0 spiro atoms. The summed E-state index contributed by atoms with van der Waals surface area (Å²) in [5.41, 5.74) is 14.8. The van der Waals surface area contributed by atoms with Crippen molar-refractivity contribution in [1.82, 2.24) is 0 Å². The maximum atomic E-state index is 2.41. The van der Waals surface area contributed by atoms with Crippen LogP contribution in [0.5, 0.6) is 0 Å². The van der Waals surface area contributed by atoms with Gasteiger partial charge in [0.1, 0.15) is 0 Å². The molecule has 1 unspecified atom stereocenters. The summed E-state index contributed by atoms with van der Waals surface area (Å²) >= 11 is 0. The van der Waals surface area contributed by atoms with Crippen LogP contribution >= 0.6 is 8.58 Å². The minimum absolute atomic E-state index is 0.876. The van der Waals surface area contributed by atoms with Crippen LogP contribution in [-0.2, 0) is 6.42 Å². The summed E-state index contributed by atoms with van der Waals surface area (Å²) in [4.78, 5) is 0. The fraction of sp³-hybridized carbons (Fsp3) is 0.455. The Morgan fingerprint density at radius 2 is 1.04 bits per heavy atom. The number of hydrogen-bond donors (Lipinski definition) is 0. The Morgan fingerprint density at radius 3 is 1.52 bits per heavy atom. The SMILES string of the molecule is CPc1cc(C)c(Cc2c(C)c(C)c(C)c(C)c2C)c(C)c1C. The number of benzene rings is 2. The zero-order chi connectivity index (χ0) is 17.5. The van der Waals surface area contributed by atoms with Crippen LogP contribution in [0.2, 0.25) is 0 Å². The van der Waals surface area contributed by atoms with E-state index in [1.54, 1.807) is 0 Å². The molecular weight excluding hydrogens is 295 g/mol. The minimum Gasteiger partial charge on any atom is -0.0933 e. The van der Waals surface area contributed by atoms with Gasteiger partial charge in [0.25, 0.3) is 0 Å². The van der Waals surface area contributed by atoms with Crippen LogP contribution < -0.4 is 5.30 Å². The Labute approximate surface area is 144 Å². The van der Waals surface area contributed by atoms with Gasteiger partial charge in [0.05, 0.1) is 0 Å².